The maximum atomic E-state index is 13.6. The van der Waals surface area contributed by atoms with Crippen molar-refractivity contribution in [2.75, 3.05) is 6.61 Å². The van der Waals surface area contributed by atoms with E-state index < -0.39 is 11.7 Å². The smallest absolute Gasteiger partial charge is 0.137 e. The number of benzene rings is 1. The normalized spacial score (nSPS) is 20.0. The van der Waals surface area contributed by atoms with Gasteiger partial charge in [0.1, 0.15) is 5.82 Å². The average molecular weight is 359 g/mol. The third kappa shape index (κ3) is 4.05. The van der Waals surface area contributed by atoms with Gasteiger partial charge in [-0.05, 0) is 47.3 Å². The van der Waals surface area contributed by atoms with Gasteiger partial charge < -0.3 is 9.84 Å². The molecule has 4 heteroatoms. The zero-order valence-electron chi connectivity index (χ0n) is 12.6. The fourth-order valence-corrected chi connectivity index (χ4v) is 3.71. The van der Waals surface area contributed by atoms with Crippen molar-refractivity contribution < 1.29 is 14.2 Å². The molecule has 1 N–H and O–H groups in total. The largest absolute Gasteiger partial charge is 0.390 e. The van der Waals surface area contributed by atoms with Crippen molar-refractivity contribution in [2.45, 2.75) is 63.6 Å². The van der Waals surface area contributed by atoms with Gasteiger partial charge in [0.25, 0.3) is 0 Å². The molecule has 1 aromatic carbocycles. The van der Waals surface area contributed by atoms with Gasteiger partial charge in [0.2, 0.25) is 0 Å². The minimum atomic E-state index is -0.603. The van der Waals surface area contributed by atoms with Crippen LogP contribution in [0, 0.1) is 5.82 Å². The van der Waals surface area contributed by atoms with E-state index in [1.807, 2.05) is 13.0 Å². The number of hydrogen-bond donors (Lipinski definition) is 1. The van der Waals surface area contributed by atoms with E-state index in [-0.39, 0.29) is 5.82 Å². The van der Waals surface area contributed by atoms with E-state index in [1.54, 1.807) is 6.07 Å². The predicted octanol–water partition coefficient (Wildman–Crippen LogP) is 4.62. The summed E-state index contributed by atoms with van der Waals surface area (Å²) in [5, 5.41) is 10.8. The molecule has 2 nitrogen and oxygen atoms in total. The Hall–Kier alpha value is -0.450. The SMILES string of the molecule is CCOC1(C(O)Cc2cccc(F)c2Br)CCCCCC1. The van der Waals surface area contributed by atoms with Crippen LogP contribution in [0.4, 0.5) is 4.39 Å². The quantitative estimate of drug-likeness (QED) is 0.778. The first kappa shape index (κ1) is 16.9. The van der Waals surface area contributed by atoms with Crippen LogP contribution in [0.5, 0.6) is 0 Å². The number of halogens is 2. The zero-order valence-corrected chi connectivity index (χ0v) is 14.2. The van der Waals surface area contributed by atoms with Crippen LogP contribution in [-0.2, 0) is 11.2 Å². The highest BCUT2D eigenvalue weighted by Gasteiger charge is 2.39. The summed E-state index contributed by atoms with van der Waals surface area (Å²) in [5.74, 6) is -0.286. The van der Waals surface area contributed by atoms with Crippen molar-refractivity contribution in [3.63, 3.8) is 0 Å². The molecule has 0 amide bonds. The summed E-state index contributed by atoms with van der Waals surface area (Å²) in [5.41, 5.74) is 0.322. The van der Waals surface area contributed by atoms with Crippen LogP contribution in [0.2, 0.25) is 0 Å². The lowest BCUT2D eigenvalue weighted by Crippen LogP contribution is -2.46. The molecule has 0 saturated heterocycles. The molecule has 1 unspecified atom stereocenters. The van der Waals surface area contributed by atoms with E-state index in [0.717, 1.165) is 31.2 Å². The number of aliphatic hydroxyl groups excluding tert-OH is 1. The zero-order chi connectivity index (χ0) is 15.3. The van der Waals surface area contributed by atoms with E-state index in [0.29, 0.717) is 17.5 Å². The Morgan fingerprint density at radius 3 is 2.57 bits per heavy atom. The summed E-state index contributed by atoms with van der Waals surface area (Å²) < 4.78 is 20.1. The van der Waals surface area contributed by atoms with E-state index in [1.165, 1.54) is 18.9 Å². The molecular formula is C17H24BrFO2. The number of rotatable bonds is 5. The fourth-order valence-electron chi connectivity index (χ4n) is 3.29. The molecule has 1 aromatic rings. The monoisotopic (exact) mass is 358 g/mol. The minimum Gasteiger partial charge on any atom is -0.390 e. The first-order valence-corrected chi connectivity index (χ1v) is 8.63. The summed E-state index contributed by atoms with van der Waals surface area (Å²) in [6, 6.07) is 4.96. The summed E-state index contributed by atoms with van der Waals surface area (Å²) in [7, 11) is 0. The van der Waals surface area contributed by atoms with Gasteiger partial charge in [-0.25, -0.2) is 4.39 Å². The van der Waals surface area contributed by atoms with Crippen LogP contribution in [0.3, 0.4) is 0 Å². The molecule has 1 saturated carbocycles. The summed E-state index contributed by atoms with van der Waals surface area (Å²) in [6.45, 7) is 2.57. The molecule has 0 spiro atoms. The van der Waals surface area contributed by atoms with Gasteiger partial charge in [-0.15, -0.1) is 0 Å². The third-order valence-corrected chi connectivity index (χ3v) is 5.32. The van der Waals surface area contributed by atoms with Crippen LogP contribution in [0.1, 0.15) is 51.0 Å². The van der Waals surface area contributed by atoms with E-state index in [4.69, 9.17) is 4.74 Å². The van der Waals surface area contributed by atoms with E-state index in [9.17, 15) is 9.50 Å². The second-order valence-electron chi connectivity index (χ2n) is 5.84. The average Bonchev–Trinajstić information content (AvgIpc) is 2.71. The standard InChI is InChI=1S/C17H24BrFO2/c1-2-21-17(10-5-3-4-6-11-17)15(20)12-13-8-7-9-14(19)16(13)18/h7-9,15,20H,2-6,10-12H2,1H3. The highest BCUT2D eigenvalue weighted by atomic mass is 79.9. The van der Waals surface area contributed by atoms with Gasteiger partial charge in [0, 0.05) is 13.0 Å². The lowest BCUT2D eigenvalue weighted by atomic mass is 9.84. The molecule has 0 aromatic heterocycles. The van der Waals surface area contributed by atoms with Crippen LogP contribution < -0.4 is 0 Å². The lowest BCUT2D eigenvalue weighted by molar-refractivity contribution is -0.128. The molecule has 0 bridgehead atoms. The molecule has 2 rings (SSSR count). The Kier molecular flexibility index (Phi) is 6.20. The van der Waals surface area contributed by atoms with Crippen molar-refractivity contribution in [2.24, 2.45) is 0 Å². The molecule has 1 fully saturated rings. The molecule has 0 heterocycles. The molecule has 1 aliphatic rings. The van der Waals surface area contributed by atoms with Crippen LogP contribution in [-0.4, -0.2) is 23.4 Å². The highest BCUT2D eigenvalue weighted by Crippen LogP contribution is 2.35. The van der Waals surface area contributed by atoms with Gasteiger partial charge >= 0.3 is 0 Å². The predicted molar refractivity (Wildman–Crippen MR) is 85.9 cm³/mol. The minimum absolute atomic E-state index is 0.286. The Balaban J connectivity index is 2.18. The van der Waals surface area contributed by atoms with Crippen LogP contribution >= 0.6 is 15.9 Å². The van der Waals surface area contributed by atoms with Crippen LogP contribution in [0.25, 0.3) is 0 Å². The maximum absolute atomic E-state index is 13.6. The second kappa shape index (κ2) is 7.70. The molecular weight excluding hydrogens is 335 g/mol. The lowest BCUT2D eigenvalue weighted by Gasteiger charge is -2.37. The van der Waals surface area contributed by atoms with Crippen molar-refractivity contribution >= 4 is 15.9 Å². The van der Waals surface area contributed by atoms with Gasteiger partial charge in [0.15, 0.2) is 0 Å². The maximum Gasteiger partial charge on any atom is 0.137 e. The number of aliphatic hydroxyl groups is 1. The van der Waals surface area contributed by atoms with Crippen LogP contribution in [0.15, 0.2) is 22.7 Å². The number of ether oxygens (including phenoxy) is 1. The van der Waals surface area contributed by atoms with Crippen molar-refractivity contribution in [3.8, 4) is 0 Å². The molecule has 21 heavy (non-hydrogen) atoms. The second-order valence-corrected chi connectivity index (χ2v) is 6.64. The fraction of sp³-hybridized carbons (Fsp3) is 0.647. The van der Waals surface area contributed by atoms with Crippen molar-refractivity contribution in [1.82, 2.24) is 0 Å². The number of hydrogen-bond acceptors (Lipinski definition) is 2. The summed E-state index contributed by atoms with van der Waals surface area (Å²) in [4.78, 5) is 0. The summed E-state index contributed by atoms with van der Waals surface area (Å²) in [6.07, 6.45) is 6.15. The Bertz CT molecular complexity index is 456. The first-order valence-electron chi connectivity index (χ1n) is 7.84. The summed E-state index contributed by atoms with van der Waals surface area (Å²) >= 11 is 3.28. The van der Waals surface area contributed by atoms with Gasteiger partial charge in [-0.2, -0.15) is 0 Å². The third-order valence-electron chi connectivity index (χ3n) is 4.43. The van der Waals surface area contributed by atoms with E-state index in [2.05, 4.69) is 15.9 Å². The van der Waals surface area contributed by atoms with Crippen molar-refractivity contribution in [3.05, 3.63) is 34.1 Å². The Morgan fingerprint density at radius 2 is 1.95 bits per heavy atom. The van der Waals surface area contributed by atoms with Crippen molar-refractivity contribution in [1.29, 1.82) is 0 Å². The van der Waals surface area contributed by atoms with E-state index >= 15 is 0 Å². The molecule has 0 radical (unpaired) electrons. The Morgan fingerprint density at radius 1 is 1.29 bits per heavy atom. The molecule has 1 aliphatic carbocycles. The van der Waals surface area contributed by atoms with Gasteiger partial charge in [0.05, 0.1) is 16.2 Å². The highest BCUT2D eigenvalue weighted by molar-refractivity contribution is 9.10. The van der Waals surface area contributed by atoms with Gasteiger partial charge in [-0.3, -0.25) is 0 Å². The Labute approximate surface area is 134 Å². The first-order chi connectivity index (χ1) is 10.1. The van der Waals surface area contributed by atoms with Gasteiger partial charge in [-0.1, -0.05) is 37.8 Å². The molecule has 1 atom stereocenters. The molecule has 0 aliphatic heterocycles. The topological polar surface area (TPSA) is 29.5 Å². The molecule has 118 valence electrons.